The maximum absolute atomic E-state index is 14.7. The number of rotatable bonds is 15. The summed E-state index contributed by atoms with van der Waals surface area (Å²) >= 11 is 0. The van der Waals surface area contributed by atoms with Gasteiger partial charge in [-0.05, 0) is 60.3 Å². The van der Waals surface area contributed by atoms with Gasteiger partial charge in [0.25, 0.3) is 5.91 Å². The number of carbonyl (C=O) groups is 5. The van der Waals surface area contributed by atoms with Gasteiger partial charge in [-0.3, -0.25) is 19.2 Å². The predicted octanol–water partition coefficient (Wildman–Crippen LogP) is 3.87. The van der Waals surface area contributed by atoms with Crippen molar-refractivity contribution in [3.63, 3.8) is 0 Å². The molecule has 0 bridgehead atoms. The van der Waals surface area contributed by atoms with E-state index >= 15 is 0 Å². The van der Waals surface area contributed by atoms with Crippen LogP contribution in [0.1, 0.15) is 104 Å². The number of nitrogens with zero attached hydrogens (tertiary/aromatic N) is 1. The summed E-state index contributed by atoms with van der Waals surface area (Å²) in [5, 5.41) is 8.59. The van der Waals surface area contributed by atoms with Crippen LogP contribution in [-0.4, -0.2) is 79.3 Å². The lowest BCUT2D eigenvalue weighted by Gasteiger charge is -2.48. The number of likely N-dealkylation sites (tertiary alicyclic amines) is 1. The van der Waals surface area contributed by atoms with Crippen molar-refractivity contribution in [1.29, 1.82) is 0 Å². The third-order valence-electron chi connectivity index (χ3n) is 11.6. The van der Waals surface area contributed by atoms with E-state index in [1.165, 1.54) is 0 Å². The van der Waals surface area contributed by atoms with Crippen LogP contribution >= 0.6 is 0 Å². The van der Waals surface area contributed by atoms with Crippen LogP contribution in [0.2, 0.25) is 0 Å². The third-order valence-corrected chi connectivity index (χ3v) is 13.3. The number of nitrogens with one attached hydrogen (secondary N) is 3. The van der Waals surface area contributed by atoms with E-state index in [0.29, 0.717) is 18.4 Å². The van der Waals surface area contributed by atoms with Gasteiger partial charge in [-0.15, -0.1) is 0 Å². The minimum Gasteiger partial charge on any atom is -0.363 e. The van der Waals surface area contributed by atoms with Crippen molar-refractivity contribution < 1.29 is 32.4 Å². The summed E-state index contributed by atoms with van der Waals surface area (Å²) in [5.74, 6) is -3.42. The highest BCUT2D eigenvalue weighted by molar-refractivity contribution is 7.90. The minimum absolute atomic E-state index is 0.0181. The van der Waals surface area contributed by atoms with Crippen molar-refractivity contribution in [2.75, 3.05) is 12.3 Å². The number of amides is 5. The molecule has 1 aromatic rings. The monoisotopic (exact) mass is 729 g/mol. The first-order valence-electron chi connectivity index (χ1n) is 18.7. The zero-order valence-electron chi connectivity index (χ0n) is 31.0. The lowest BCUT2D eigenvalue weighted by Crippen LogP contribution is -2.64. The van der Waals surface area contributed by atoms with Crippen LogP contribution in [0.3, 0.4) is 0 Å². The number of Topliss-reactive ketones (excluding diaryl/α,β-unsaturated/α-hetero) is 1. The van der Waals surface area contributed by atoms with Gasteiger partial charge in [0.1, 0.15) is 12.1 Å². The smallest absolute Gasteiger partial charge is 0.315 e. The molecule has 1 saturated heterocycles. The van der Waals surface area contributed by atoms with E-state index in [9.17, 15) is 32.4 Å². The summed E-state index contributed by atoms with van der Waals surface area (Å²) in [6.45, 7) is 10.1. The van der Waals surface area contributed by atoms with Crippen LogP contribution < -0.4 is 21.7 Å². The molecule has 2 saturated carbocycles. The Morgan fingerprint density at radius 2 is 1.57 bits per heavy atom. The number of sulfone groups is 1. The van der Waals surface area contributed by atoms with Gasteiger partial charge in [-0.2, -0.15) is 0 Å². The number of ketones is 1. The van der Waals surface area contributed by atoms with E-state index in [2.05, 4.69) is 16.0 Å². The Bertz CT molecular complexity index is 1510. The van der Waals surface area contributed by atoms with E-state index in [1.54, 1.807) is 29.2 Å². The highest BCUT2D eigenvalue weighted by atomic mass is 32.2. The van der Waals surface area contributed by atoms with Crippen LogP contribution in [0.4, 0.5) is 4.79 Å². The number of hydrogen-bond acceptors (Lipinski definition) is 7. The summed E-state index contributed by atoms with van der Waals surface area (Å²) in [6, 6.07) is 4.61. The summed E-state index contributed by atoms with van der Waals surface area (Å²) in [4.78, 5) is 68.7. The van der Waals surface area contributed by atoms with Gasteiger partial charge in [-0.1, -0.05) is 103 Å². The van der Waals surface area contributed by atoms with Gasteiger partial charge in [0, 0.05) is 12.6 Å². The number of nitrogens with two attached hydrogens (primary N) is 1. The maximum atomic E-state index is 14.7. The van der Waals surface area contributed by atoms with E-state index in [0.717, 1.165) is 51.4 Å². The molecule has 1 heterocycles. The number of carbonyl (C=O) groups excluding carboxylic acids is 5. The average Bonchev–Trinajstić information content (AvgIpc) is 3.05. The van der Waals surface area contributed by atoms with Gasteiger partial charge in [0.15, 0.2) is 9.84 Å². The molecule has 12 nitrogen and oxygen atoms in total. The second-order valence-corrected chi connectivity index (χ2v) is 18.4. The lowest BCUT2D eigenvalue weighted by atomic mass is 9.71. The zero-order valence-corrected chi connectivity index (χ0v) is 31.8. The van der Waals surface area contributed by atoms with Crippen molar-refractivity contribution in [3.05, 3.63) is 35.9 Å². The van der Waals surface area contributed by atoms with E-state index < -0.39 is 57.6 Å². The number of urea groups is 1. The third kappa shape index (κ3) is 11.0. The summed E-state index contributed by atoms with van der Waals surface area (Å²) in [7, 11) is -3.58. The fourth-order valence-electron chi connectivity index (χ4n) is 7.63. The van der Waals surface area contributed by atoms with Crippen LogP contribution in [0.25, 0.3) is 0 Å². The molecule has 5 N–H and O–H groups in total. The Morgan fingerprint density at radius 1 is 0.922 bits per heavy atom. The molecule has 3 aliphatic rings. The molecule has 0 aromatic heterocycles. The fraction of sp³-hybridized carbons (Fsp3) is 0.711. The molecule has 13 heteroatoms. The summed E-state index contributed by atoms with van der Waals surface area (Å²) in [6.07, 6.45) is 7.74. The SMILES string of the molecule is CC(C)[C@@H](CS(=O)(=O)Cc1ccccc1)NC(=O)N[C@H](C(=O)N1CC(C)C(C)(C)C[C@H]1C(=O)NC(CC1CCC1)C(=O)C(N)=O)C1CCCCC1. The van der Waals surface area contributed by atoms with Gasteiger partial charge in [0.2, 0.25) is 17.6 Å². The number of primary amides is 1. The Hall–Kier alpha value is -3.48. The highest BCUT2D eigenvalue weighted by Gasteiger charge is 2.47. The topological polar surface area (TPSA) is 185 Å². The van der Waals surface area contributed by atoms with Crippen LogP contribution in [0.5, 0.6) is 0 Å². The Labute approximate surface area is 303 Å². The first kappa shape index (κ1) is 40.3. The van der Waals surface area contributed by atoms with E-state index in [-0.39, 0.29) is 53.0 Å². The van der Waals surface area contributed by atoms with Crippen LogP contribution in [0, 0.1) is 29.1 Å². The lowest BCUT2D eigenvalue weighted by molar-refractivity contribution is -0.150. The second kappa shape index (κ2) is 17.4. The van der Waals surface area contributed by atoms with Gasteiger partial charge in [0.05, 0.1) is 17.5 Å². The van der Waals surface area contributed by atoms with E-state index in [4.69, 9.17) is 5.73 Å². The molecular formula is C38H59N5O7S. The van der Waals surface area contributed by atoms with Crippen LogP contribution in [-0.2, 0) is 34.8 Å². The normalized spacial score (nSPS) is 23.0. The zero-order chi connectivity index (χ0) is 37.5. The van der Waals surface area contributed by atoms with Crippen molar-refractivity contribution in [3.8, 4) is 0 Å². The largest absolute Gasteiger partial charge is 0.363 e. The van der Waals surface area contributed by atoms with Gasteiger partial charge in [-0.25, -0.2) is 13.2 Å². The Morgan fingerprint density at radius 3 is 2.14 bits per heavy atom. The molecular weight excluding hydrogens is 671 g/mol. The minimum atomic E-state index is -3.58. The number of hydrogen-bond donors (Lipinski definition) is 4. The van der Waals surface area contributed by atoms with Crippen molar-refractivity contribution in [1.82, 2.24) is 20.9 Å². The molecule has 5 amide bonds. The summed E-state index contributed by atoms with van der Waals surface area (Å²) in [5.41, 5.74) is 5.71. The quantitative estimate of drug-likeness (QED) is 0.198. The first-order chi connectivity index (χ1) is 24.0. The van der Waals surface area contributed by atoms with Crippen molar-refractivity contribution >= 4 is 39.4 Å². The molecule has 2 unspecified atom stereocenters. The number of piperidine rings is 1. The molecule has 5 atom stereocenters. The second-order valence-electron chi connectivity index (χ2n) is 16.3. The number of benzene rings is 1. The molecule has 2 aliphatic carbocycles. The van der Waals surface area contributed by atoms with Crippen molar-refractivity contribution in [2.24, 2.45) is 34.8 Å². The van der Waals surface area contributed by atoms with E-state index in [1.807, 2.05) is 40.7 Å². The standard InChI is InChI=1S/C38H59N5O7S/c1-24(2)30(23-51(49,50)22-27-13-8-6-9-14-27)41-37(48)42-32(28-17-10-7-11-18-28)36(47)43-21-25(3)38(4,5)20-31(43)35(46)40-29(33(44)34(39)45)19-26-15-12-16-26/h6,8-9,13-14,24-26,28-32H,7,10-12,15-23H2,1-5H3,(H2,39,45)(H,40,46)(H2,41,42,48)/t25?,29?,30-,31+,32+/m1/s1. The first-order valence-corrected chi connectivity index (χ1v) is 20.6. The Kier molecular flexibility index (Phi) is 13.7. The Balaban J connectivity index is 1.55. The fourth-order valence-corrected chi connectivity index (χ4v) is 9.46. The molecule has 3 fully saturated rings. The average molecular weight is 730 g/mol. The van der Waals surface area contributed by atoms with Crippen LogP contribution in [0.15, 0.2) is 30.3 Å². The molecule has 1 aliphatic heterocycles. The molecule has 0 spiro atoms. The van der Waals surface area contributed by atoms with Crippen molar-refractivity contribution in [2.45, 2.75) is 129 Å². The maximum Gasteiger partial charge on any atom is 0.315 e. The molecule has 284 valence electrons. The summed E-state index contributed by atoms with van der Waals surface area (Å²) < 4.78 is 26.4. The van der Waals surface area contributed by atoms with Gasteiger partial charge >= 0.3 is 6.03 Å². The molecule has 1 aromatic carbocycles. The highest BCUT2D eigenvalue weighted by Crippen LogP contribution is 2.40. The molecule has 51 heavy (non-hydrogen) atoms. The predicted molar refractivity (Wildman–Crippen MR) is 196 cm³/mol. The van der Waals surface area contributed by atoms with Gasteiger partial charge < -0.3 is 26.6 Å². The molecule has 4 rings (SSSR count). The molecule has 0 radical (unpaired) electrons.